The van der Waals surface area contributed by atoms with Crippen LogP contribution in [-0.4, -0.2) is 26.0 Å². The molecule has 0 saturated heterocycles. The van der Waals surface area contributed by atoms with Gasteiger partial charge in [-0.3, -0.25) is 9.59 Å². The summed E-state index contributed by atoms with van der Waals surface area (Å²) >= 11 is 0. The molecule has 0 heterocycles. The summed E-state index contributed by atoms with van der Waals surface area (Å²) in [5.74, 6) is 0.668. The molecule has 1 fully saturated rings. The number of carbonyl (C=O) groups is 2. The summed E-state index contributed by atoms with van der Waals surface area (Å²) < 4.78 is 10.4. The summed E-state index contributed by atoms with van der Waals surface area (Å²) in [4.78, 5) is 24.9. The topological polar surface area (TPSA) is 76.7 Å². The molecule has 2 atom stereocenters. The Hall–Kier alpha value is -3.02. The third-order valence-electron chi connectivity index (χ3n) is 4.96. The Bertz CT molecular complexity index is 861. The number of rotatable bonds is 7. The Balaban J connectivity index is 1.55. The van der Waals surface area contributed by atoms with Crippen LogP contribution in [0.2, 0.25) is 0 Å². The normalized spacial score (nSPS) is 17.8. The van der Waals surface area contributed by atoms with E-state index in [9.17, 15) is 9.59 Å². The molecular formula is C22H26N2O4. The van der Waals surface area contributed by atoms with Gasteiger partial charge in [0.1, 0.15) is 0 Å². The lowest BCUT2D eigenvalue weighted by Crippen LogP contribution is -2.20. The highest BCUT2D eigenvalue weighted by Crippen LogP contribution is 2.40. The first-order valence-corrected chi connectivity index (χ1v) is 9.36. The molecule has 28 heavy (non-hydrogen) atoms. The van der Waals surface area contributed by atoms with Crippen molar-refractivity contribution in [1.29, 1.82) is 0 Å². The summed E-state index contributed by atoms with van der Waals surface area (Å²) in [6, 6.07) is 13.0. The van der Waals surface area contributed by atoms with Crippen molar-refractivity contribution in [1.82, 2.24) is 0 Å². The van der Waals surface area contributed by atoms with E-state index in [1.165, 1.54) is 5.56 Å². The van der Waals surface area contributed by atoms with Crippen LogP contribution in [0, 0.1) is 11.8 Å². The molecule has 2 amide bonds. The van der Waals surface area contributed by atoms with Gasteiger partial charge in [0.25, 0.3) is 0 Å². The van der Waals surface area contributed by atoms with Crippen LogP contribution in [0.5, 0.6) is 11.5 Å². The Kier molecular flexibility index (Phi) is 5.87. The Labute approximate surface area is 165 Å². The molecule has 2 aromatic carbocycles. The van der Waals surface area contributed by atoms with E-state index in [-0.39, 0.29) is 23.7 Å². The van der Waals surface area contributed by atoms with E-state index in [1.54, 1.807) is 32.4 Å². The van der Waals surface area contributed by atoms with Crippen molar-refractivity contribution in [2.75, 3.05) is 24.9 Å². The van der Waals surface area contributed by atoms with Crippen molar-refractivity contribution in [2.24, 2.45) is 11.8 Å². The number of anilines is 2. The zero-order chi connectivity index (χ0) is 20.3. The third kappa shape index (κ3) is 4.44. The highest BCUT2D eigenvalue weighted by Gasteiger charge is 2.48. The van der Waals surface area contributed by atoms with E-state index < -0.39 is 0 Å². The molecule has 3 rings (SSSR count). The molecule has 6 heteroatoms. The average Bonchev–Trinajstić information content (AvgIpc) is 3.49. The number of carbonyl (C=O) groups excluding carboxylic acids is 2. The minimum absolute atomic E-state index is 0.121. The molecule has 0 spiro atoms. The first kappa shape index (κ1) is 19.7. The molecule has 0 aliphatic heterocycles. The molecule has 1 aliphatic rings. The van der Waals surface area contributed by atoms with E-state index in [2.05, 4.69) is 24.5 Å². The molecule has 0 aromatic heterocycles. The van der Waals surface area contributed by atoms with Gasteiger partial charge < -0.3 is 20.1 Å². The number of amides is 2. The van der Waals surface area contributed by atoms with Gasteiger partial charge in [0.2, 0.25) is 11.8 Å². The van der Waals surface area contributed by atoms with Crippen LogP contribution in [0.4, 0.5) is 11.4 Å². The number of ether oxygens (including phenoxy) is 2. The standard InChI is InChI=1S/C22H26N2O4/c1-13(2)14-5-7-15(8-6-14)23-21(25)17-12-18(17)22(26)24-16-9-10-19(27-3)20(11-16)28-4/h5-11,13,17-18H,12H2,1-4H3,(H,23,25)(H,24,26). The molecule has 0 radical (unpaired) electrons. The third-order valence-corrected chi connectivity index (χ3v) is 4.96. The lowest BCUT2D eigenvalue weighted by molar-refractivity contribution is -0.122. The Morgan fingerprint density at radius 3 is 1.93 bits per heavy atom. The predicted molar refractivity (Wildman–Crippen MR) is 109 cm³/mol. The minimum atomic E-state index is -0.317. The molecule has 148 valence electrons. The second-order valence-corrected chi connectivity index (χ2v) is 7.27. The number of hydrogen-bond acceptors (Lipinski definition) is 4. The molecule has 2 aromatic rings. The highest BCUT2D eigenvalue weighted by molar-refractivity contribution is 6.03. The van der Waals surface area contributed by atoms with Gasteiger partial charge in [0.15, 0.2) is 11.5 Å². The van der Waals surface area contributed by atoms with Gasteiger partial charge in [-0.05, 0) is 42.2 Å². The quantitative estimate of drug-likeness (QED) is 0.758. The van der Waals surface area contributed by atoms with Crippen molar-refractivity contribution in [2.45, 2.75) is 26.2 Å². The van der Waals surface area contributed by atoms with Crippen molar-refractivity contribution >= 4 is 23.2 Å². The van der Waals surface area contributed by atoms with Crippen molar-refractivity contribution in [3.63, 3.8) is 0 Å². The average molecular weight is 382 g/mol. The van der Waals surface area contributed by atoms with Crippen molar-refractivity contribution < 1.29 is 19.1 Å². The first-order chi connectivity index (χ1) is 13.4. The van der Waals surface area contributed by atoms with E-state index in [4.69, 9.17) is 9.47 Å². The zero-order valence-electron chi connectivity index (χ0n) is 16.6. The molecule has 0 bridgehead atoms. The smallest absolute Gasteiger partial charge is 0.228 e. The fraction of sp³-hybridized carbons (Fsp3) is 0.364. The fourth-order valence-electron chi connectivity index (χ4n) is 3.11. The number of nitrogens with one attached hydrogen (secondary N) is 2. The predicted octanol–water partition coefficient (Wildman–Crippen LogP) is 4.04. The van der Waals surface area contributed by atoms with E-state index in [0.717, 1.165) is 5.69 Å². The number of methoxy groups -OCH3 is 2. The molecule has 2 unspecified atom stereocenters. The maximum Gasteiger partial charge on any atom is 0.228 e. The van der Waals surface area contributed by atoms with Crippen LogP contribution in [-0.2, 0) is 9.59 Å². The highest BCUT2D eigenvalue weighted by atomic mass is 16.5. The Morgan fingerprint density at radius 2 is 1.39 bits per heavy atom. The van der Waals surface area contributed by atoms with Crippen LogP contribution in [0.3, 0.4) is 0 Å². The summed E-state index contributed by atoms with van der Waals surface area (Å²) in [5.41, 5.74) is 2.58. The fourth-order valence-corrected chi connectivity index (χ4v) is 3.11. The van der Waals surface area contributed by atoms with Gasteiger partial charge in [-0.15, -0.1) is 0 Å². The van der Waals surface area contributed by atoms with Gasteiger partial charge in [-0.2, -0.15) is 0 Å². The number of benzene rings is 2. The van der Waals surface area contributed by atoms with Crippen LogP contribution in [0.15, 0.2) is 42.5 Å². The lowest BCUT2D eigenvalue weighted by Gasteiger charge is -2.11. The van der Waals surface area contributed by atoms with Gasteiger partial charge in [-0.25, -0.2) is 0 Å². The molecule has 2 N–H and O–H groups in total. The second-order valence-electron chi connectivity index (χ2n) is 7.27. The summed E-state index contributed by atoms with van der Waals surface area (Å²) in [6.07, 6.45) is 0.551. The van der Waals surface area contributed by atoms with Crippen molar-refractivity contribution in [3.05, 3.63) is 48.0 Å². The second kappa shape index (κ2) is 8.33. The summed E-state index contributed by atoms with van der Waals surface area (Å²) in [6.45, 7) is 4.25. The number of hydrogen-bond donors (Lipinski definition) is 2. The van der Waals surface area contributed by atoms with E-state index >= 15 is 0 Å². The van der Waals surface area contributed by atoms with Crippen LogP contribution in [0.25, 0.3) is 0 Å². The molecule has 6 nitrogen and oxygen atoms in total. The van der Waals surface area contributed by atoms with E-state index in [0.29, 0.717) is 29.5 Å². The van der Waals surface area contributed by atoms with Gasteiger partial charge in [-0.1, -0.05) is 26.0 Å². The summed E-state index contributed by atoms with van der Waals surface area (Å²) in [7, 11) is 3.10. The minimum Gasteiger partial charge on any atom is -0.493 e. The van der Waals surface area contributed by atoms with Gasteiger partial charge in [0, 0.05) is 17.4 Å². The van der Waals surface area contributed by atoms with Crippen LogP contribution >= 0.6 is 0 Å². The maximum atomic E-state index is 12.5. The largest absolute Gasteiger partial charge is 0.493 e. The SMILES string of the molecule is COc1ccc(NC(=O)C2CC2C(=O)Nc2ccc(C(C)C)cc2)cc1OC. The molecule has 1 aliphatic carbocycles. The lowest BCUT2D eigenvalue weighted by atomic mass is 10.0. The zero-order valence-corrected chi connectivity index (χ0v) is 16.6. The molecular weight excluding hydrogens is 356 g/mol. The maximum absolute atomic E-state index is 12.5. The monoisotopic (exact) mass is 382 g/mol. The van der Waals surface area contributed by atoms with Gasteiger partial charge >= 0.3 is 0 Å². The van der Waals surface area contributed by atoms with Crippen LogP contribution < -0.4 is 20.1 Å². The van der Waals surface area contributed by atoms with Crippen molar-refractivity contribution in [3.8, 4) is 11.5 Å². The Morgan fingerprint density at radius 1 is 0.857 bits per heavy atom. The summed E-state index contributed by atoms with van der Waals surface area (Å²) in [5, 5.41) is 5.74. The molecule has 1 saturated carbocycles. The van der Waals surface area contributed by atoms with E-state index in [1.807, 2.05) is 24.3 Å². The first-order valence-electron chi connectivity index (χ1n) is 9.36. The van der Waals surface area contributed by atoms with Crippen LogP contribution in [0.1, 0.15) is 31.7 Å². The van der Waals surface area contributed by atoms with Gasteiger partial charge in [0.05, 0.1) is 26.1 Å².